The van der Waals surface area contributed by atoms with E-state index in [1.54, 1.807) is 0 Å². The molecule has 0 atom stereocenters. The molecule has 0 saturated heterocycles. The minimum Gasteiger partial charge on any atom is -0.350 e. The van der Waals surface area contributed by atoms with Crippen molar-refractivity contribution in [3.8, 4) is 0 Å². The van der Waals surface area contributed by atoms with Crippen LogP contribution in [-0.4, -0.2) is 35.1 Å². The highest BCUT2D eigenvalue weighted by Gasteiger charge is 2.15. The van der Waals surface area contributed by atoms with Gasteiger partial charge in [0.25, 0.3) is 5.56 Å². The number of nitrogens with one attached hydrogen (secondary N) is 1. The lowest BCUT2D eigenvalue weighted by Crippen LogP contribution is -2.27. The maximum Gasteiger partial charge on any atom is 0.275 e. The average Bonchev–Trinajstić information content (AvgIpc) is 2.95. The molecule has 4 rings (SSSR count). The van der Waals surface area contributed by atoms with Gasteiger partial charge in [0.05, 0.1) is 5.52 Å². The van der Waals surface area contributed by atoms with Crippen LogP contribution in [0.25, 0.3) is 32.7 Å². The molecule has 0 radical (unpaired) electrons. The zero-order chi connectivity index (χ0) is 16.8. The van der Waals surface area contributed by atoms with Crippen molar-refractivity contribution in [2.75, 3.05) is 20.6 Å². The molecule has 0 amide bonds. The van der Waals surface area contributed by atoms with Crippen LogP contribution in [0.4, 0.5) is 0 Å². The molecule has 0 aliphatic heterocycles. The van der Waals surface area contributed by atoms with E-state index in [1.165, 1.54) is 5.56 Å². The molecule has 0 bridgehead atoms. The van der Waals surface area contributed by atoms with Crippen LogP contribution in [-0.2, 0) is 6.54 Å². The van der Waals surface area contributed by atoms with Crippen LogP contribution in [0.1, 0.15) is 5.56 Å². The van der Waals surface area contributed by atoms with Crippen LogP contribution in [0.2, 0.25) is 0 Å². The van der Waals surface area contributed by atoms with Gasteiger partial charge in [-0.25, -0.2) is 0 Å². The summed E-state index contributed by atoms with van der Waals surface area (Å²) in [5.74, 6) is 0. The largest absolute Gasteiger partial charge is 0.350 e. The number of aromatic amines is 1. The molecule has 0 fully saturated rings. The standard InChI is InChI=1S/C20H21N3O/c1-13-8-9-17-15(12-13)18-14-6-4-5-7-16(14)21-19(18)20(24)23(17)11-10-22(2)3/h4-9,12,21H,10-11H2,1-3H3. The number of likely N-dealkylation sites (N-methyl/N-ethyl adjacent to an activating group) is 1. The Morgan fingerprint density at radius 3 is 2.67 bits per heavy atom. The van der Waals surface area contributed by atoms with Gasteiger partial charge in [0, 0.05) is 34.8 Å². The first-order chi connectivity index (χ1) is 11.6. The van der Waals surface area contributed by atoms with Crippen LogP contribution in [0.5, 0.6) is 0 Å². The lowest BCUT2D eigenvalue weighted by molar-refractivity contribution is 0.384. The highest BCUT2D eigenvalue weighted by Crippen LogP contribution is 2.30. The summed E-state index contributed by atoms with van der Waals surface area (Å²) in [6, 6.07) is 14.5. The summed E-state index contributed by atoms with van der Waals surface area (Å²) in [6.07, 6.45) is 0. The fraction of sp³-hybridized carbons (Fsp3) is 0.250. The van der Waals surface area contributed by atoms with E-state index in [9.17, 15) is 4.79 Å². The maximum absolute atomic E-state index is 13.1. The number of nitrogens with zero attached hydrogens (tertiary/aromatic N) is 2. The minimum absolute atomic E-state index is 0.0550. The predicted molar refractivity (Wildman–Crippen MR) is 101 cm³/mol. The summed E-state index contributed by atoms with van der Waals surface area (Å²) in [6.45, 7) is 3.60. The van der Waals surface area contributed by atoms with E-state index in [0.29, 0.717) is 12.1 Å². The molecular formula is C20H21N3O. The third kappa shape index (κ3) is 2.22. The fourth-order valence-corrected chi connectivity index (χ4v) is 3.43. The smallest absolute Gasteiger partial charge is 0.275 e. The summed E-state index contributed by atoms with van der Waals surface area (Å²) in [5.41, 5.74) is 3.97. The Labute approximate surface area is 140 Å². The molecule has 4 aromatic rings. The van der Waals surface area contributed by atoms with E-state index in [-0.39, 0.29) is 5.56 Å². The normalized spacial score (nSPS) is 12.0. The summed E-state index contributed by atoms with van der Waals surface area (Å²) in [4.78, 5) is 18.6. The molecule has 2 aromatic carbocycles. The van der Waals surface area contributed by atoms with E-state index in [4.69, 9.17) is 0 Å². The van der Waals surface area contributed by atoms with Gasteiger partial charge in [0.1, 0.15) is 5.52 Å². The van der Waals surface area contributed by atoms with Gasteiger partial charge in [-0.05, 0) is 39.2 Å². The number of fused-ring (bicyclic) bond motifs is 5. The first-order valence-electron chi connectivity index (χ1n) is 8.24. The topological polar surface area (TPSA) is 41.0 Å². The molecular weight excluding hydrogens is 298 g/mol. The predicted octanol–water partition coefficient (Wildman–Crippen LogP) is 3.51. The number of para-hydroxylation sites is 1. The molecule has 122 valence electrons. The zero-order valence-electron chi connectivity index (χ0n) is 14.3. The van der Waals surface area contributed by atoms with Gasteiger partial charge >= 0.3 is 0 Å². The third-order valence-electron chi connectivity index (χ3n) is 4.65. The van der Waals surface area contributed by atoms with Gasteiger partial charge in [-0.15, -0.1) is 0 Å². The molecule has 2 heterocycles. The summed E-state index contributed by atoms with van der Waals surface area (Å²) < 4.78 is 1.90. The number of H-pyrrole nitrogens is 1. The average molecular weight is 319 g/mol. The van der Waals surface area contributed by atoms with Crippen molar-refractivity contribution < 1.29 is 0 Å². The number of hydrogen-bond donors (Lipinski definition) is 1. The Bertz CT molecular complexity index is 1120. The number of benzene rings is 2. The number of aromatic nitrogens is 2. The number of pyridine rings is 1. The van der Waals surface area contributed by atoms with Gasteiger partial charge in [-0.2, -0.15) is 0 Å². The number of aryl methyl sites for hydroxylation is 1. The van der Waals surface area contributed by atoms with Crippen LogP contribution in [0.15, 0.2) is 47.3 Å². The monoisotopic (exact) mass is 319 g/mol. The lowest BCUT2D eigenvalue weighted by atomic mass is 10.1. The van der Waals surface area contributed by atoms with Gasteiger partial charge in [-0.1, -0.05) is 29.8 Å². The van der Waals surface area contributed by atoms with Crippen LogP contribution < -0.4 is 5.56 Å². The van der Waals surface area contributed by atoms with Crippen molar-refractivity contribution in [3.63, 3.8) is 0 Å². The van der Waals surface area contributed by atoms with Crippen molar-refractivity contribution in [2.45, 2.75) is 13.5 Å². The van der Waals surface area contributed by atoms with Gasteiger partial charge in [-0.3, -0.25) is 4.79 Å². The molecule has 0 unspecified atom stereocenters. The summed E-state index contributed by atoms with van der Waals surface area (Å²) in [7, 11) is 4.05. The Hall–Kier alpha value is -2.59. The highest BCUT2D eigenvalue weighted by molar-refractivity contribution is 6.19. The van der Waals surface area contributed by atoms with Crippen molar-refractivity contribution in [1.82, 2.24) is 14.5 Å². The Morgan fingerprint density at radius 2 is 1.88 bits per heavy atom. The Balaban J connectivity index is 2.17. The van der Waals surface area contributed by atoms with Crippen LogP contribution in [0.3, 0.4) is 0 Å². The van der Waals surface area contributed by atoms with E-state index in [1.807, 2.05) is 36.9 Å². The van der Waals surface area contributed by atoms with E-state index >= 15 is 0 Å². The quantitative estimate of drug-likeness (QED) is 0.628. The molecule has 2 aromatic heterocycles. The lowest BCUT2D eigenvalue weighted by Gasteiger charge is -2.15. The van der Waals surface area contributed by atoms with Gasteiger partial charge in [0.15, 0.2) is 0 Å². The van der Waals surface area contributed by atoms with Crippen molar-refractivity contribution in [3.05, 3.63) is 58.4 Å². The SMILES string of the molecule is Cc1ccc2c(c1)c1c([nH]c3ccccc31)c(=O)n2CCN(C)C. The molecule has 0 saturated carbocycles. The van der Waals surface area contributed by atoms with E-state index < -0.39 is 0 Å². The van der Waals surface area contributed by atoms with Crippen molar-refractivity contribution >= 4 is 32.7 Å². The Kier molecular flexibility index (Phi) is 3.43. The van der Waals surface area contributed by atoms with Crippen molar-refractivity contribution in [2.24, 2.45) is 0 Å². The van der Waals surface area contributed by atoms with Crippen LogP contribution in [0, 0.1) is 6.92 Å². The molecule has 4 heteroatoms. The van der Waals surface area contributed by atoms with E-state index in [0.717, 1.165) is 33.7 Å². The minimum atomic E-state index is 0.0550. The molecule has 0 spiro atoms. The Morgan fingerprint density at radius 1 is 1.08 bits per heavy atom. The van der Waals surface area contributed by atoms with Gasteiger partial charge < -0.3 is 14.5 Å². The maximum atomic E-state index is 13.1. The summed E-state index contributed by atoms with van der Waals surface area (Å²) in [5, 5.41) is 3.29. The second-order valence-corrected chi connectivity index (χ2v) is 6.70. The second kappa shape index (κ2) is 5.49. The van der Waals surface area contributed by atoms with Crippen LogP contribution >= 0.6 is 0 Å². The van der Waals surface area contributed by atoms with E-state index in [2.05, 4.69) is 41.1 Å². The third-order valence-corrected chi connectivity index (χ3v) is 4.65. The first-order valence-corrected chi connectivity index (χ1v) is 8.24. The highest BCUT2D eigenvalue weighted by atomic mass is 16.1. The van der Waals surface area contributed by atoms with Gasteiger partial charge in [0.2, 0.25) is 0 Å². The fourth-order valence-electron chi connectivity index (χ4n) is 3.43. The molecule has 4 nitrogen and oxygen atoms in total. The molecule has 0 aliphatic rings. The molecule has 1 N–H and O–H groups in total. The van der Waals surface area contributed by atoms with Crippen molar-refractivity contribution in [1.29, 1.82) is 0 Å². The molecule has 0 aliphatic carbocycles. The molecule has 24 heavy (non-hydrogen) atoms. The number of rotatable bonds is 3. The number of hydrogen-bond acceptors (Lipinski definition) is 2. The second-order valence-electron chi connectivity index (χ2n) is 6.70. The first kappa shape index (κ1) is 15.0. The summed E-state index contributed by atoms with van der Waals surface area (Å²) >= 11 is 0. The zero-order valence-corrected chi connectivity index (χ0v) is 14.3.